The third-order valence-corrected chi connectivity index (χ3v) is 9.62. The quantitative estimate of drug-likeness (QED) is 0.376. The van der Waals surface area contributed by atoms with Crippen LogP contribution in [0.25, 0.3) is 0 Å². The fraction of sp³-hybridized carbons (Fsp3) is 0.700. The number of hydrogen-bond acceptors (Lipinski definition) is 7. The van der Waals surface area contributed by atoms with Crippen molar-refractivity contribution >= 4 is 35.3 Å². The minimum Gasteiger partial charge on any atom is -0.376 e. The van der Waals surface area contributed by atoms with Gasteiger partial charge >= 0.3 is 0 Å². The minimum absolute atomic E-state index is 0.144. The number of nitrogens with one attached hydrogen (secondary N) is 2. The molecule has 40 heavy (non-hydrogen) atoms. The van der Waals surface area contributed by atoms with E-state index in [0.29, 0.717) is 29.4 Å². The summed E-state index contributed by atoms with van der Waals surface area (Å²) in [6, 6.07) is 2.32. The first-order valence-corrected chi connectivity index (χ1v) is 15.1. The van der Waals surface area contributed by atoms with E-state index in [1.54, 1.807) is 6.07 Å². The average Bonchev–Trinajstić information content (AvgIpc) is 2.95. The van der Waals surface area contributed by atoms with Crippen LogP contribution >= 0.6 is 0 Å². The van der Waals surface area contributed by atoms with Crippen molar-refractivity contribution in [1.82, 2.24) is 15.5 Å². The molecule has 1 atom stereocenters. The van der Waals surface area contributed by atoms with Gasteiger partial charge in [-0.15, -0.1) is 0 Å². The first-order chi connectivity index (χ1) is 19.3. The fourth-order valence-electron chi connectivity index (χ4n) is 7.24. The molecule has 4 saturated heterocycles. The second-order valence-electron chi connectivity index (χ2n) is 12.3. The van der Waals surface area contributed by atoms with Gasteiger partial charge in [-0.05, 0) is 94.9 Å². The van der Waals surface area contributed by atoms with Gasteiger partial charge < -0.3 is 24.9 Å². The molecule has 0 spiro atoms. The summed E-state index contributed by atoms with van der Waals surface area (Å²) in [5.41, 5.74) is 1.54. The van der Waals surface area contributed by atoms with Gasteiger partial charge in [0.05, 0.1) is 17.1 Å². The van der Waals surface area contributed by atoms with E-state index in [4.69, 9.17) is 0 Å². The Hall–Kier alpha value is -2.72. The Morgan fingerprint density at radius 2 is 1.57 bits per heavy atom. The van der Waals surface area contributed by atoms with Crippen molar-refractivity contribution in [2.45, 2.75) is 57.4 Å². The lowest BCUT2D eigenvalue weighted by Gasteiger charge is -2.42. The van der Waals surface area contributed by atoms with E-state index < -0.39 is 17.8 Å². The molecule has 1 aromatic rings. The Labute approximate surface area is 237 Å². The van der Waals surface area contributed by atoms with Gasteiger partial charge in [0.2, 0.25) is 18.2 Å². The molecule has 4 aliphatic heterocycles. The number of carbonyl (C=O) groups excluding carboxylic acids is 3. The molecule has 0 radical (unpaired) electrons. The predicted molar refractivity (Wildman–Crippen MR) is 155 cm³/mol. The number of anilines is 3. The highest BCUT2D eigenvalue weighted by molar-refractivity contribution is 6.04. The fourth-order valence-corrected chi connectivity index (χ4v) is 7.24. The molecule has 3 amide bonds. The van der Waals surface area contributed by atoms with Crippen molar-refractivity contribution in [2.75, 3.05) is 74.6 Å². The maximum absolute atomic E-state index is 15.6. The number of likely N-dealkylation sites (tertiary alicyclic amines) is 1. The molecule has 1 aromatic carbocycles. The Balaban J connectivity index is 1.21. The highest BCUT2D eigenvalue weighted by atomic mass is 19.1. The first-order valence-electron chi connectivity index (χ1n) is 15.1. The van der Waals surface area contributed by atoms with Gasteiger partial charge in [-0.3, -0.25) is 19.7 Å². The molecule has 0 bridgehead atoms. The van der Waals surface area contributed by atoms with E-state index in [2.05, 4.69) is 20.4 Å². The molecule has 0 aromatic heterocycles. The first kappa shape index (κ1) is 28.8. The summed E-state index contributed by atoms with van der Waals surface area (Å²) in [4.78, 5) is 44.1. The average molecular weight is 557 g/mol. The monoisotopic (exact) mass is 556 g/mol. The van der Waals surface area contributed by atoms with Crippen LogP contribution in [0.5, 0.6) is 0 Å². The van der Waals surface area contributed by atoms with Crippen molar-refractivity contribution < 1.29 is 18.8 Å². The standard InChI is InChI=1S/C30H45FN6O3/c1-34(2)27-18-26(24(31)17-28(27)37(20-38)25-3-4-29(39)33-30(25)40)36-15-9-23(10-16-36)22-7-13-35(14-8-22)19-21-5-11-32-12-6-21/h17-18,20-23,25,32H,3-16,19H2,1-2H3,(H,33,39,40). The lowest BCUT2D eigenvalue weighted by Crippen LogP contribution is -2.52. The molecule has 9 nitrogen and oxygen atoms in total. The van der Waals surface area contributed by atoms with Gasteiger partial charge in [0.25, 0.3) is 0 Å². The zero-order chi connectivity index (χ0) is 28.2. The largest absolute Gasteiger partial charge is 0.376 e. The second kappa shape index (κ2) is 12.9. The molecule has 4 aliphatic rings. The smallest absolute Gasteiger partial charge is 0.249 e. The summed E-state index contributed by atoms with van der Waals surface area (Å²) < 4.78 is 15.6. The van der Waals surface area contributed by atoms with Crippen molar-refractivity contribution in [1.29, 1.82) is 0 Å². The maximum atomic E-state index is 15.6. The van der Waals surface area contributed by atoms with Crippen LogP contribution < -0.4 is 25.3 Å². The lowest BCUT2D eigenvalue weighted by atomic mass is 9.78. The number of hydrogen-bond donors (Lipinski definition) is 2. The predicted octanol–water partition coefficient (Wildman–Crippen LogP) is 2.59. The molecule has 0 aliphatic carbocycles. The molecule has 4 heterocycles. The molecule has 1 unspecified atom stereocenters. The Morgan fingerprint density at radius 1 is 0.925 bits per heavy atom. The van der Waals surface area contributed by atoms with Crippen LogP contribution in [0.4, 0.5) is 21.5 Å². The van der Waals surface area contributed by atoms with Gasteiger partial charge in [0.15, 0.2) is 0 Å². The summed E-state index contributed by atoms with van der Waals surface area (Å²) >= 11 is 0. The summed E-state index contributed by atoms with van der Waals surface area (Å²) in [6.45, 7) is 7.61. The number of benzene rings is 1. The number of imide groups is 1. The third kappa shape index (κ3) is 6.43. The number of carbonyl (C=O) groups is 3. The number of nitrogens with zero attached hydrogens (tertiary/aromatic N) is 4. The van der Waals surface area contributed by atoms with Gasteiger partial charge in [-0.2, -0.15) is 0 Å². The van der Waals surface area contributed by atoms with Crippen molar-refractivity contribution in [3.8, 4) is 0 Å². The summed E-state index contributed by atoms with van der Waals surface area (Å²) in [7, 11) is 3.69. The Morgan fingerprint density at radius 3 is 2.17 bits per heavy atom. The van der Waals surface area contributed by atoms with Crippen molar-refractivity contribution in [3.63, 3.8) is 0 Å². The van der Waals surface area contributed by atoms with E-state index in [1.807, 2.05) is 19.0 Å². The second-order valence-corrected chi connectivity index (χ2v) is 12.3. The van der Waals surface area contributed by atoms with Crippen LogP contribution in [0.2, 0.25) is 0 Å². The van der Waals surface area contributed by atoms with Crippen LogP contribution in [-0.2, 0) is 14.4 Å². The van der Waals surface area contributed by atoms with Gasteiger partial charge in [-0.25, -0.2) is 4.39 Å². The molecule has 0 saturated carbocycles. The van der Waals surface area contributed by atoms with Crippen molar-refractivity contribution in [2.24, 2.45) is 17.8 Å². The molecule has 4 fully saturated rings. The van der Waals surface area contributed by atoms with Crippen LogP contribution in [0.3, 0.4) is 0 Å². The molecular weight excluding hydrogens is 511 g/mol. The normalized spacial score (nSPS) is 24.2. The molecule has 2 N–H and O–H groups in total. The number of halogens is 1. The molecular formula is C30H45FN6O3. The summed E-state index contributed by atoms with van der Waals surface area (Å²) in [5, 5.41) is 5.76. The third-order valence-electron chi connectivity index (χ3n) is 9.62. The van der Waals surface area contributed by atoms with Gasteiger partial charge in [0, 0.05) is 46.2 Å². The van der Waals surface area contributed by atoms with E-state index in [-0.39, 0.29) is 18.7 Å². The van der Waals surface area contributed by atoms with E-state index in [0.717, 1.165) is 50.9 Å². The zero-order valence-corrected chi connectivity index (χ0v) is 24.0. The van der Waals surface area contributed by atoms with Crippen molar-refractivity contribution in [3.05, 3.63) is 17.9 Å². The lowest BCUT2D eigenvalue weighted by molar-refractivity contribution is -0.134. The molecule has 5 rings (SSSR count). The van der Waals surface area contributed by atoms with Gasteiger partial charge in [-0.1, -0.05) is 0 Å². The topological polar surface area (TPSA) is 88.2 Å². The van der Waals surface area contributed by atoms with Gasteiger partial charge in [0.1, 0.15) is 11.9 Å². The summed E-state index contributed by atoms with van der Waals surface area (Å²) in [6.07, 6.45) is 8.18. The Bertz CT molecular complexity index is 1060. The van der Waals surface area contributed by atoms with Crippen LogP contribution in [0.1, 0.15) is 51.4 Å². The van der Waals surface area contributed by atoms with Crippen LogP contribution in [0.15, 0.2) is 12.1 Å². The zero-order valence-electron chi connectivity index (χ0n) is 24.0. The van der Waals surface area contributed by atoms with Crippen LogP contribution in [-0.4, -0.2) is 89.1 Å². The van der Waals surface area contributed by atoms with E-state index >= 15 is 4.39 Å². The number of rotatable bonds is 8. The van der Waals surface area contributed by atoms with E-state index in [9.17, 15) is 14.4 Å². The Kier molecular flexibility index (Phi) is 9.25. The highest BCUT2D eigenvalue weighted by Crippen LogP contribution is 2.39. The minimum atomic E-state index is -0.846. The van der Waals surface area contributed by atoms with E-state index in [1.165, 1.54) is 56.3 Å². The SMILES string of the molecule is CN(C)c1cc(N2CCC(C3CCN(CC4CCNCC4)CC3)CC2)c(F)cc1N(C=O)C1CCC(=O)NC1=O. The number of amides is 3. The summed E-state index contributed by atoms with van der Waals surface area (Å²) in [5.74, 6) is 1.00. The molecule has 10 heteroatoms. The molecule has 220 valence electrons. The number of piperidine rings is 4. The van der Waals surface area contributed by atoms with Crippen LogP contribution in [0, 0.1) is 23.6 Å². The maximum Gasteiger partial charge on any atom is 0.249 e. The highest BCUT2D eigenvalue weighted by Gasteiger charge is 2.35.